The van der Waals surface area contributed by atoms with Crippen molar-refractivity contribution in [1.82, 2.24) is 14.5 Å². The maximum absolute atomic E-state index is 12.4. The van der Waals surface area contributed by atoms with Crippen molar-refractivity contribution in [2.75, 3.05) is 12.8 Å². The zero-order valence-corrected chi connectivity index (χ0v) is 12.2. The number of nitrogen functional groups attached to an aromatic ring is 1. The molecule has 0 fully saturated rings. The van der Waals surface area contributed by atoms with Gasteiger partial charge in [-0.15, -0.1) is 11.3 Å². The van der Waals surface area contributed by atoms with E-state index in [0.717, 1.165) is 17.2 Å². The number of hydrogen-bond acceptors (Lipinski definition) is 4. The van der Waals surface area contributed by atoms with Crippen molar-refractivity contribution < 1.29 is 4.79 Å². The van der Waals surface area contributed by atoms with Crippen LogP contribution in [0.1, 0.15) is 28.1 Å². The summed E-state index contributed by atoms with van der Waals surface area (Å²) in [6.07, 6.45) is 1.79. The predicted octanol–water partition coefficient (Wildman–Crippen LogP) is 2.13. The van der Waals surface area contributed by atoms with Crippen LogP contribution in [0.2, 0.25) is 0 Å². The molecule has 0 aromatic carbocycles. The van der Waals surface area contributed by atoms with Crippen molar-refractivity contribution in [1.29, 1.82) is 0 Å². The Hall–Kier alpha value is -1.82. The molecule has 0 atom stereocenters. The standard InChI is InChI=1S/C13H18N4OS/c1-4-17-6-10(14)5-12(17)13(18)16(3)7-11-8-19-9(2)15-11/h5-6,8H,4,7,14H2,1-3H3. The van der Waals surface area contributed by atoms with E-state index < -0.39 is 0 Å². The second kappa shape index (κ2) is 5.44. The lowest BCUT2D eigenvalue weighted by atomic mass is 10.3. The minimum Gasteiger partial charge on any atom is -0.397 e. The highest BCUT2D eigenvalue weighted by atomic mass is 32.1. The van der Waals surface area contributed by atoms with Crippen LogP contribution < -0.4 is 5.73 Å². The number of nitrogens with two attached hydrogens (primary N) is 1. The average Bonchev–Trinajstić information content (AvgIpc) is 2.94. The van der Waals surface area contributed by atoms with Crippen molar-refractivity contribution in [3.05, 3.63) is 34.0 Å². The van der Waals surface area contributed by atoms with E-state index in [1.807, 2.05) is 23.8 Å². The van der Waals surface area contributed by atoms with Crippen LogP contribution >= 0.6 is 11.3 Å². The Morgan fingerprint density at radius 1 is 1.58 bits per heavy atom. The SMILES string of the molecule is CCn1cc(N)cc1C(=O)N(C)Cc1csc(C)n1. The smallest absolute Gasteiger partial charge is 0.270 e. The van der Waals surface area contributed by atoms with E-state index in [0.29, 0.717) is 17.9 Å². The lowest BCUT2D eigenvalue weighted by Crippen LogP contribution is -2.28. The quantitative estimate of drug-likeness (QED) is 0.931. The largest absolute Gasteiger partial charge is 0.397 e. The minimum atomic E-state index is -0.0378. The fraction of sp³-hybridized carbons (Fsp3) is 0.385. The van der Waals surface area contributed by atoms with Crippen molar-refractivity contribution in [2.24, 2.45) is 0 Å². The lowest BCUT2D eigenvalue weighted by Gasteiger charge is -2.16. The highest BCUT2D eigenvalue weighted by molar-refractivity contribution is 7.09. The van der Waals surface area contributed by atoms with Gasteiger partial charge in [-0.05, 0) is 19.9 Å². The fourth-order valence-electron chi connectivity index (χ4n) is 1.96. The number of carbonyl (C=O) groups is 1. The summed E-state index contributed by atoms with van der Waals surface area (Å²) < 4.78 is 1.86. The zero-order chi connectivity index (χ0) is 14.0. The first-order chi connectivity index (χ1) is 9.01. The van der Waals surface area contributed by atoms with E-state index in [4.69, 9.17) is 5.73 Å². The van der Waals surface area contributed by atoms with Crippen LogP contribution in [0.25, 0.3) is 0 Å². The predicted molar refractivity (Wildman–Crippen MR) is 77.2 cm³/mol. The first kappa shape index (κ1) is 13.6. The summed E-state index contributed by atoms with van der Waals surface area (Å²) in [4.78, 5) is 18.4. The van der Waals surface area contributed by atoms with Crippen molar-refractivity contribution in [3.8, 4) is 0 Å². The van der Waals surface area contributed by atoms with Gasteiger partial charge in [0.1, 0.15) is 5.69 Å². The third-order valence-corrected chi connectivity index (χ3v) is 3.71. The number of thiazole rings is 1. The Bertz CT molecular complexity index is 587. The monoisotopic (exact) mass is 278 g/mol. The van der Waals surface area contributed by atoms with E-state index in [9.17, 15) is 4.79 Å². The van der Waals surface area contributed by atoms with Gasteiger partial charge in [-0.25, -0.2) is 4.98 Å². The third-order valence-electron chi connectivity index (χ3n) is 2.89. The minimum absolute atomic E-state index is 0.0378. The maximum atomic E-state index is 12.4. The van der Waals surface area contributed by atoms with Gasteiger partial charge < -0.3 is 15.2 Å². The Morgan fingerprint density at radius 3 is 2.89 bits per heavy atom. The van der Waals surface area contributed by atoms with Gasteiger partial charge in [-0.2, -0.15) is 0 Å². The Balaban J connectivity index is 2.14. The first-order valence-electron chi connectivity index (χ1n) is 6.13. The number of hydrogen-bond donors (Lipinski definition) is 1. The molecular formula is C13H18N4OS. The highest BCUT2D eigenvalue weighted by Crippen LogP contribution is 2.15. The van der Waals surface area contributed by atoms with Crippen LogP contribution in [-0.4, -0.2) is 27.4 Å². The molecule has 2 rings (SSSR count). The molecule has 0 saturated heterocycles. The van der Waals surface area contributed by atoms with Gasteiger partial charge in [0.15, 0.2) is 0 Å². The molecule has 2 aromatic rings. The molecule has 0 aliphatic carbocycles. The number of nitrogens with zero attached hydrogens (tertiary/aromatic N) is 3. The van der Waals surface area contributed by atoms with Crippen molar-refractivity contribution >= 4 is 22.9 Å². The van der Waals surface area contributed by atoms with Crippen LogP contribution in [0.4, 0.5) is 5.69 Å². The van der Waals surface area contributed by atoms with Crippen molar-refractivity contribution in [3.63, 3.8) is 0 Å². The van der Waals surface area contributed by atoms with Crippen molar-refractivity contribution in [2.45, 2.75) is 26.9 Å². The van der Waals surface area contributed by atoms with Gasteiger partial charge in [-0.3, -0.25) is 4.79 Å². The van der Waals surface area contributed by atoms with Gasteiger partial charge >= 0.3 is 0 Å². The fourth-order valence-corrected chi connectivity index (χ4v) is 2.57. The van der Waals surface area contributed by atoms with Gasteiger partial charge in [0.25, 0.3) is 5.91 Å². The molecule has 19 heavy (non-hydrogen) atoms. The molecule has 1 amide bonds. The van der Waals surface area contributed by atoms with Gasteiger partial charge in [-0.1, -0.05) is 0 Å². The maximum Gasteiger partial charge on any atom is 0.270 e. The first-order valence-corrected chi connectivity index (χ1v) is 7.01. The van der Waals surface area contributed by atoms with E-state index in [1.54, 1.807) is 35.5 Å². The molecule has 0 unspecified atom stereocenters. The number of anilines is 1. The second-order valence-corrected chi connectivity index (χ2v) is 5.53. The van der Waals surface area contributed by atoms with E-state index in [-0.39, 0.29) is 5.91 Å². The zero-order valence-electron chi connectivity index (χ0n) is 11.4. The normalized spacial score (nSPS) is 10.7. The number of rotatable bonds is 4. The molecule has 2 aromatic heterocycles. The second-order valence-electron chi connectivity index (χ2n) is 4.46. The lowest BCUT2D eigenvalue weighted by molar-refractivity contribution is 0.0773. The van der Waals surface area contributed by atoms with Gasteiger partial charge in [0, 0.05) is 25.2 Å². The topological polar surface area (TPSA) is 64.2 Å². The summed E-state index contributed by atoms with van der Waals surface area (Å²) in [7, 11) is 1.78. The Kier molecular flexibility index (Phi) is 3.90. The van der Waals surface area contributed by atoms with Crippen LogP contribution in [0, 0.1) is 6.92 Å². The molecular weight excluding hydrogens is 260 g/mol. The summed E-state index contributed by atoms with van der Waals surface area (Å²) in [5, 5.41) is 2.99. The number of aryl methyl sites for hydroxylation is 2. The summed E-state index contributed by atoms with van der Waals surface area (Å²) in [6.45, 7) is 5.18. The number of amides is 1. The highest BCUT2D eigenvalue weighted by Gasteiger charge is 2.17. The van der Waals surface area contributed by atoms with Gasteiger partial charge in [0.05, 0.1) is 22.9 Å². The average molecular weight is 278 g/mol. The van der Waals surface area contributed by atoms with Crippen LogP contribution in [0.5, 0.6) is 0 Å². The summed E-state index contributed by atoms with van der Waals surface area (Å²) in [5.41, 5.74) is 7.90. The van der Waals surface area contributed by atoms with E-state index in [1.165, 1.54) is 0 Å². The Labute approximate surface area is 116 Å². The number of aromatic nitrogens is 2. The van der Waals surface area contributed by atoms with Crippen LogP contribution in [-0.2, 0) is 13.1 Å². The third kappa shape index (κ3) is 2.96. The molecule has 5 nitrogen and oxygen atoms in total. The Morgan fingerprint density at radius 2 is 2.32 bits per heavy atom. The van der Waals surface area contributed by atoms with Crippen LogP contribution in [0.15, 0.2) is 17.6 Å². The molecule has 0 spiro atoms. The summed E-state index contributed by atoms with van der Waals surface area (Å²) in [6, 6.07) is 1.72. The molecule has 6 heteroatoms. The molecule has 0 aliphatic rings. The van der Waals surface area contributed by atoms with Gasteiger partial charge in [0.2, 0.25) is 0 Å². The molecule has 0 aliphatic heterocycles. The molecule has 0 radical (unpaired) electrons. The molecule has 0 saturated carbocycles. The van der Waals surface area contributed by atoms with E-state index in [2.05, 4.69) is 4.98 Å². The summed E-state index contributed by atoms with van der Waals surface area (Å²) >= 11 is 1.59. The van der Waals surface area contributed by atoms with Crippen LogP contribution in [0.3, 0.4) is 0 Å². The molecule has 0 bridgehead atoms. The molecule has 2 heterocycles. The summed E-state index contributed by atoms with van der Waals surface area (Å²) in [5.74, 6) is -0.0378. The molecule has 102 valence electrons. The molecule has 2 N–H and O–H groups in total. The van der Waals surface area contributed by atoms with E-state index >= 15 is 0 Å². The number of carbonyl (C=O) groups excluding carboxylic acids is 1.